The van der Waals surface area contributed by atoms with Gasteiger partial charge in [-0.25, -0.2) is 4.68 Å². The number of hydrogen-bond donors (Lipinski definition) is 1. The normalized spacial score (nSPS) is 11.0. The van der Waals surface area contributed by atoms with E-state index in [2.05, 4.69) is 15.3 Å². The molecule has 0 aliphatic rings. The summed E-state index contributed by atoms with van der Waals surface area (Å²) in [7, 11) is 5.80. The van der Waals surface area contributed by atoms with E-state index < -0.39 is 0 Å². The first-order valence-electron chi connectivity index (χ1n) is 6.56. The highest BCUT2D eigenvalue weighted by atomic mass is 16.6. The summed E-state index contributed by atoms with van der Waals surface area (Å²) in [6.07, 6.45) is 2.60. The highest BCUT2D eigenvalue weighted by Crippen LogP contribution is 2.28. The highest BCUT2D eigenvalue weighted by molar-refractivity contribution is 5.59. The number of nitrogens with one attached hydrogen (secondary N) is 1. The average molecular weight is 269 g/mol. The van der Waals surface area contributed by atoms with Gasteiger partial charge in [0, 0.05) is 13.6 Å². The summed E-state index contributed by atoms with van der Waals surface area (Å²) in [5.41, 5.74) is 0.640. The second-order valence-electron chi connectivity index (χ2n) is 4.82. The third kappa shape index (κ3) is 4.20. The molecule has 1 heterocycles. The van der Waals surface area contributed by atoms with Gasteiger partial charge in [0.25, 0.3) is 0 Å². The van der Waals surface area contributed by atoms with E-state index in [1.165, 1.54) is 0 Å². The third-order valence-electron chi connectivity index (χ3n) is 2.93. The third-order valence-corrected chi connectivity index (χ3v) is 2.93. The molecule has 0 aromatic carbocycles. The van der Waals surface area contributed by atoms with Gasteiger partial charge in [0.2, 0.25) is 5.82 Å². The Morgan fingerprint density at radius 1 is 1.42 bits per heavy atom. The Hall–Kier alpha value is -1.63. The smallest absolute Gasteiger partial charge is 0.333 e. The van der Waals surface area contributed by atoms with Crippen LogP contribution in [0.2, 0.25) is 0 Å². The molecule has 0 saturated carbocycles. The van der Waals surface area contributed by atoms with Gasteiger partial charge in [-0.1, -0.05) is 6.92 Å². The molecule has 0 atom stereocenters. The first-order chi connectivity index (χ1) is 8.97. The van der Waals surface area contributed by atoms with Crippen LogP contribution in [0, 0.1) is 10.1 Å². The molecule has 7 nitrogen and oxygen atoms in total. The number of aryl methyl sites for hydroxylation is 2. The van der Waals surface area contributed by atoms with E-state index in [-0.39, 0.29) is 10.6 Å². The minimum atomic E-state index is -0.353. The zero-order valence-electron chi connectivity index (χ0n) is 12.1. The molecule has 1 aromatic rings. The van der Waals surface area contributed by atoms with Crippen molar-refractivity contribution in [3.05, 3.63) is 15.8 Å². The van der Waals surface area contributed by atoms with Crippen molar-refractivity contribution in [1.29, 1.82) is 0 Å². The summed E-state index contributed by atoms with van der Waals surface area (Å²) in [5.74, 6) is 0.506. The largest absolute Gasteiger partial charge is 0.365 e. The van der Waals surface area contributed by atoms with Crippen LogP contribution in [0.25, 0.3) is 0 Å². The molecule has 1 rings (SSSR count). The van der Waals surface area contributed by atoms with Gasteiger partial charge in [0.05, 0.1) is 4.92 Å². The van der Waals surface area contributed by atoms with Crippen molar-refractivity contribution in [3.8, 4) is 0 Å². The van der Waals surface area contributed by atoms with Crippen molar-refractivity contribution in [2.24, 2.45) is 7.05 Å². The van der Waals surface area contributed by atoms with Gasteiger partial charge < -0.3 is 10.2 Å². The van der Waals surface area contributed by atoms with Gasteiger partial charge in [0.1, 0.15) is 5.69 Å². The lowest BCUT2D eigenvalue weighted by atomic mass is 10.2. The molecule has 0 unspecified atom stereocenters. The minimum Gasteiger partial charge on any atom is -0.365 e. The van der Waals surface area contributed by atoms with Gasteiger partial charge in [-0.05, 0) is 39.9 Å². The fourth-order valence-electron chi connectivity index (χ4n) is 1.96. The van der Waals surface area contributed by atoms with E-state index in [4.69, 9.17) is 0 Å². The fourth-order valence-corrected chi connectivity index (χ4v) is 1.96. The standard InChI is InChI=1S/C12H23N5O2/c1-5-10-11(17(18)19)12(16(4)14-10)13-8-6-7-9-15(2)3/h13H,5-9H2,1-4H3. The maximum Gasteiger partial charge on any atom is 0.333 e. The molecule has 19 heavy (non-hydrogen) atoms. The Bertz CT molecular complexity index is 428. The molecule has 0 amide bonds. The second-order valence-corrected chi connectivity index (χ2v) is 4.82. The maximum atomic E-state index is 11.1. The summed E-state index contributed by atoms with van der Waals surface area (Å²) in [6, 6.07) is 0. The van der Waals surface area contributed by atoms with E-state index in [1.54, 1.807) is 11.7 Å². The lowest BCUT2D eigenvalue weighted by Gasteiger charge is -2.09. The zero-order chi connectivity index (χ0) is 14.4. The Morgan fingerprint density at radius 3 is 2.63 bits per heavy atom. The van der Waals surface area contributed by atoms with Crippen molar-refractivity contribution >= 4 is 11.5 Å². The molecule has 7 heteroatoms. The van der Waals surface area contributed by atoms with Crippen molar-refractivity contribution in [2.45, 2.75) is 26.2 Å². The molecular weight excluding hydrogens is 246 g/mol. The average Bonchev–Trinajstić information content (AvgIpc) is 2.65. The van der Waals surface area contributed by atoms with Crippen LogP contribution in [-0.2, 0) is 13.5 Å². The maximum absolute atomic E-state index is 11.1. The van der Waals surface area contributed by atoms with Crippen LogP contribution in [-0.4, -0.2) is 46.8 Å². The number of hydrogen-bond acceptors (Lipinski definition) is 5. The zero-order valence-corrected chi connectivity index (χ0v) is 12.1. The highest BCUT2D eigenvalue weighted by Gasteiger charge is 2.24. The van der Waals surface area contributed by atoms with E-state index in [1.807, 2.05) is 21.0 Å². The molecular formula is C12H23N5O2. The van der Waals surface area contributed by atoms with Crippen LogP contribution in [0.4, 0.5) is 11.5 Å². The molecule has 0 aliphatic heterocycles. The predicted molar refractivity (Wildman–Crippen MR) is 75.5 cm³/mol. The fraction of sp³-hybridized carbons (Fsp3) is 0.750. The van der Waals surface area contributed by atoms with Crippen molar-refractivity contribution in [3.63, 3.8) is 0 Å². The molecule has 0 saturated heterocycles. The summed E-state index contributed by atoms with van der Waals surface area (Å²) in [4.78, 5) is 12.9. The molecule has 108 valence electrons. The first-order valence-corrected chi connectivity index (χ1v) is 6.56. The Balaban J connectivity index is 2.62. The van der Waals surface area contributed by atoms with Crippen molar-refractivity contribution in [1.82, 2.24) is 14.7 Å². The van der Waals surface area contributed by atoms with Gasteiger partial charge >= 0.3 is 5.69 Å². The Morgan fingerprint density at radius 2 is 2.11 bits per heavy atom. The van der Waals surface area contributed by atoms with Crippen molar-refractivity contribution < 1.29 is 4.92 Å². The lowest BCUT2D eigenvalue weighted by Crippen LogP contribution is -2.15. The molecule has 1 aromatic heterocycles. The van der Waals surface area contributed by atoms with E-state index in [9.17, 15) is 10.1 Å². The van der Waals surface area contributed by atoms with Gasteiger partial charge in [-0.15, -0.1) is 0 Å². The summed E-state index contributed by atoms with van der Waals surface area (Å²) in [5, 5.41) is 18.4. The molecule has 1 N–H and O–H groups in total. The number of rotatable bonds is 8. The van der Waals surface area contributed by atoms with E-state index in [0.717, 1.165) is 25.9 Å². The summed E-state index contributed by atoms with van der Waals surface area (Å²) < 4.78 is 1.56. The first kappa shape index (κ1) is 15.4. The Kier molecular flexibility index (Phi) is 5.75. The van der Waals surface area contributed by atoms with Crippen LogP contribution in [0.3, 0.4) is 0 Å². The Labute approximate surface area is 113 Å². The minimum absolute atomic E-state index is 0.109. The van der Waals surface area contributed by atoms with Gasteiger partial charge in [-0.2, -0.15) is 5.10 Å². The molecule has 0 fully saturated rings. The van der Waals surface area contributed by atoms with E-state index in [0.29, 0.717) is 17.9 Å². The van der Waals surface area contributed by atoms with Crippen LogP contribution >= 0.6 is 0 Å². The van der Waals surface area contributed by atoms with Crippen LogP contribution < -0.4 is 5.32 Å². The molecule has 0 aliphatic carbocycles. The van der Waals surface area contributed by atoms with Gasteiger partial charge in [-0.3, -0.25) is 10.1 Å². The van der Waals surface area contributed by atoms with Crippen LogP contribution in [0.1, 0.15) is 25.5 Å². The topological polar surface area (TPSA) is 76.2 Å². The molecule has 0 bridgehead atoms. The van der Waals surface area contributed by atoms with Crippen LogP contribution in [0.15, 0.2) is 0 Å². The number of anilines is 1. The molecule has 0 radical (unpaired) electrons. The monoisotopic (exact) mass is 269 g/mol. The predicted octanol–water partition coefficient (Wildman–Crippen LogP) is 1.64. The second kappa shape index (κ2) is 7.08. The number of unbranched alkanes of at least 4 members (excludes halogenated alkanes) is 1. The number of nitrogens with zero attached hydrogens (tertiary/aromatic N) is 4. The SMILES string of the molecule is CCc1nn(C)c(NCCCCN(C)C)c1[N+](=O)[O-]. The quantitative estimate of drug-likeness (QED) is 0.441. The van der Waals surface area contributed by atoms with Crippen LogP contribution in [0.5, 0.6) is 0 Å². The summed E-state index contributed by atoms with van der Waals surface area (Å²) in [6.45, 7) is 3.61. The summed E-state index contributed by atoms with van der Waals surface area (Å²) >= 11 is 0. The van der Waals surface area contributed by atoms with Crippen molar-refractivity contribution in [2.75, 3.05) is 32.5 Å². The number of nitro groups is 1. The number of aromatic nitrogens is 2. The van der Waals surface area contributed by atoms with E-state index >= 15 is 0 Å². The lowest BCUT2D eigenvalue weighted by molar-refractivity contribution is -0.384. The molecule has 0 spiro atoms. The van der Waals surface area contributed by atoms with Gasteiger partial charge in [0.15, 0.2) is 0 Å².